The van der Waals surface area contributed by atoms with Gasteiger partial charge < -0.3 is 4.57 Å². The number of non-ortho nitro benzene ring substituents is 1. The number of halogens is 1. The summed E-state index contributed by atoms with van der Waals surface area (Å²) in [6.07, 6.45) is 1.38. The van der Waals surface area contributed by atoms with Crippen LogP contribution in [-0.4, -0.2) is 28.1 Å². The first-order valence-electron chi connectivity index (χ1n) is 5.31. The van der Waals surface area contributed by atoms with E-state index in [1.165, 1.54) is 10.9 Å². The van der Waals surface area contributed by atoms with Gasteiger partial charge in [0.1, 0.15) is 17.9 Å². The van der Waals surface area contributed by atoms with Gasteiger partial charge in [0.25, 0.3) is 5.69 Å². The molecule has 0 spiro atoms. The fourth-order valence-corrected chi connectivity index (χ4v) is 3.46. The molecule has 106 valence electrons. The van der Waals surface area contributed by atoms with Crippen LogP contribution >= 0.6 is 11.6 Å². The summed E-state index contributed by atoms with van der Waals surface area (Å²) in [5.74, 6) is -0.138. The lowest BCUT2D eigenvalue weighted by molar-refractivity contribution is -0.384. The zero-order valence-corrected chi connectivity index (χ0v) is 11.8. The molecular weight excluding hydrogens is 308 g/mol. The van der Waals surface area contributed by atoms with Gasteiger partial charge in [0.15, 0.2) is 9.84 Å². The molecule has 0 fully saturated rings. The molecule has 0 unspecified atom stereocenters. The van der Waals surface area contributed by atoms with Crippen molar-refractivity contribution in [3.05, 3.63) is 45.5 Å². The average Bonchev–Trinajstić information content (AvgIpc) is 2.73. The standard InChI is InChI=1S/C10H9ClN4O4S/c1-14-6-12-13-10(14)5-20(18,19)9-3-2-7(15(16)17)4-8(9)11/h2-4,6H,5H2,1H3. The van der Waals surface area contributed by atoms with E-state index in [0.717, 1.165) is 18.2 Å². The molecule has 1 aromatic heterocycles. The van der Waals surface area contributed by atoms with Crippen LogP contribution in [0.15, 0.2) is 29.4 Å². The molecule has 1 aromatic carbocycles. The Morgan fingerprint density at radius 1 is 1.45 bits per heavy atom. The Kier molecular flexibility index (Phi) is 3.73. The summed E-state index contributed by atoms with van der Waals surface area (Å²) in [6, 6.07) is 3.21. The molecule has 2 aromatic rings. The van der Waals surface area contributed by atoms with Crippen LogP contribution in [0, 0.1) is 10.1 Å². The summed E-state index contributed by atoms with van der Waals surface area (Å²) in [5, 5.41) is 17.7. The minimum Gasteiger partial charge on any atom is -0.320 e. The predicted molar refractivity (Wildman–Crippen MR) is 70.0 cm³/mol. The van der Waals surface area contributed by atoms with Gasteiger partial charge in [-0.25, -0.2) is 8.42 Å². The highest BCUT2D eigenvalue weighted by atomic mass is 35.5. The van der Waals surface area contributed by atoms with Gasteiger partial charge in [-0.05, 0) is 6.07 Å². The van der Waals surface area contributed by atoms with Gasteiger partial charge in [-0.1, -0.05) is 11.6 Å². The number of nitrogens with zero attached hydrogens (tertiary/aromatic N) is 4. The van der Waals surface area contributed by atoms with E-state index in [4.69, 9.17) is 11.6 Å². The third-order valence-electron chi connectivity index (χ3n) is 2.59. The Balaban J connectivity index is 2.40. The van der Waals surface area contributed by atoms with E-state index in [2.05, 4.69) is 10.2 Å². The maximum Gasteiger partial charge on any atom is 0.271 e. The highest BCUT2D eigenvalue weighted by Crippen LogP contribution is 2.28. The van der Waals surface area contributed by atoms with E-state index in [1.54, 1.807) is 7.05 Å². The number of nitro groups is 1. The highest BCUT2D eigenvalue weighted by Gasteiger charge is 2.23. The summed E-state index contributed by atoms with van der Waals surface area (Å²) in [4.78, 5) is 9.77. The maximum atomic E-state index is 12.2. The lowest BCUT2D eigenvalue weighted by Gasteiger charge is -2.06. The molecule has 0 atom stereocenters. The van der Waals surface area contributed by atoms with E-state index in [9.17, 15) is 18.5 Å². The second kappa shape index (κ2) is 5.17. The molecule has 0 saturated heterocycles. The SMILES string of the molecule is Cn1cnnc1CS(=O)(=O)c1ccc([N+](=O)[O-])cc1Cl. The molecule has 0 radical (unpaired) electrons. The van der Waals surface area contributed by atoms with Gasteiger partial charge >= 0.3 is 0 Å². The maximum absolute atomic E-state index is 12.2. The molecule has 8 nitrogen and oxygen atoms in total. The van der Waals surface area contributed by atoms with Crippen molar-refractivity contribution < 1.29 is 13.3 Å². The Hall–Kier alpha value is -2.00. The molecule has 0 aliphatic carbocycles. The lowest BCUT2D eigenvalue weighted by atomic mass is 10.3. The van der Waals surface area contributed by atoms with E-state index in [0.29, 0.717) is 0 Å². The molecule has 0 saturated carbocycles. The van der Waals surface area contributed by atoms with Crippen molar-refractivity contribution in [2.45, 2.75) is 10.6 Å². The van der Waals surface area contributed by atoms with Crippen LogP contribution in [0.2, 0.25) is 5.02 Å². The van der Waals surface area contributed by atoms with Crippen LogP contribution in [0.4, 0.5) is 5.69 Å². The minimum atomic E-state index is -3.76. The molecule has 20 heavy (non-hydrogen) atoms. The van der Waals surface area contributed by atoms with Crippen LogP contribution < -0.4 is 0 Å². The Labute approximate surface area is 119 Å². The van der Waals surface area contributed by atoms with E-state index >= 15 is 0 Å². The first-order valence-corrected chi connectivity index (χ1v) is 7.34. The van der Waals surface area contributed by atoms with Crippen LogP contribution in [0.3, 0.4) is 0 Å². The van der Waals surface area contributed by atoms with Crippen molar-refractivity contribution in [1.29, 1.82) is 0 Å². The number of nitro benzene ring substituents is 1. The van der Waals surface area contributed by atoms with E-state index in [1.807, 2.05) is 0 Å². The average molecular weight is 317 g/mol. The van der Waals surface area contributed by atoms with Crippen molar-refractivity contribution in [3.8, 4) is 0 Å². The van der Waals surface area contributed by atoms with Gasteiger partial charge in [0.2, 0.25) is 0 Å². The number of aromatic nitrogens is 3. The first-order chi connectivity index (χ1) is 9.31. The third-order valence-corrected chi connectivity index (χ3v) is 4.67. The fourth-order valence-electron chi connectivity index (χ4n) is 1.54. The van der Waals surface area contributed by atoms with Crippen molar-refractivity contribution in [1.82, 2.24) is 14.8 Å². The van der Waals surface area contributed by atoms with Gasteiger partial charge in [-0.3, -0.25) is 10.1 Å². The van der Waals surface area contributed by atoms with Crippen LogP contribution in [0.5, 0.6) is 0 Å². The van der Waals surface area contributed by atoms with Gasteiger partial charge in [0, 0.05) is 19.2 Å². The van der Waals surface area contributed by atoms with E-state index < -0.39 is 14.8 Å². The zero-order valence-electron chi connectivity index (χ0n) is 10.2. The number of hydrogen-bond acceptors (Lipinski definition) is 6. The van der Waals surface area contributed by atoms with Crippen molar-refractivity contribution in [2.75, 3.05) is 0 Å². The molecular formula is C10H9ClN4O4S. The van der Waals surface area contributed by atoms with E-state index in [-0.39, 0.29) is 27.2 Å². The Bertz CT molecular complexity index is 771. The molecule has 0 amide bonds. The number of hydrogen-bond donors (Lipinski definition) is 0. The summed E-state index contributed by atoms with van der Waals surface area (Å²) < 4.78 is 25.9. The molecule has 0 N–H and O–H groups in total. The Morgan fingerprint density at radius 3 is 2.65 bits per heavy atom. The van der Waals surface area contributed by atoms with Crippen molar-refractivity contribution in [3.63, 3.8) is 0 Å². The number of aryl methyl sites for hydroxylation is 1. The number of sulfone groups is 1. The summed E-state index contributed by atoms with van der Waals surface area (Å²) in [7, 11) is -2.14. The summed E-state index contributed by atoms with van der Waals surface area (Å²) in [5.41, 5.74) is -0.271. The Morgan fingerprint density at radius 2 is 2.15 bits per heavy atom. The first kappa shape index (κ1) is 14.4. The molecule has 0 aliphatic heterocycles. The molecule has 10 heteroatoms. The molecule has 1 heterocycles. The second-order valence-electron chi connectivity index (χ2n) is 3.99. The highest BCUT2D eigenvalue weighted by molar-refractivity contribution is 7.90. The van der Waals surface area contributed by atoms with Crippen molar-refractivity contribution in [2.24, 2.45) is 7.05 Å². The van der Waals surface area contributed by atoms with Crippen molar-refractivity contribution >= 4 is 27.1 Å². The zero-order chi connectivity index (χ0) is 14.9. The number of rotatable bonds is 4. The summed E-state index contributed by atoms with van der Waals surface area (Å²) in [6.45, 7) is 0. The minimum absolute atomic E-state index is 0.173. The molecule has 2 rings (SSSR count). The third kappa shape index (κ3) is 2.78. The lowest BCUT2D eigenvalue weighted by Crippen LogP contribution is -2.10. The fraction of sp³-hybridized carbons (Fsp3) is 0.200. The number of benzene rings is 1. The molecule has 0 bridgehead atoms. The van der Waals surface area contributed by atoms with Gasteiger partial charge in [-0.2, -0.15) is 0 Å². The largest absolute Gasteiger partial charge is 0.320 e. The predicted octanol–water partition coefficient (Wildman–Crippen LogP) is 1.35. The monoisotopic (exact) mass is 316 g/mol. The van der Waals surface area contributed by atoms with Crippen LogP contribution in [-0.2, 0) is 22.6 Å². The topological polar surface area (TPSA) is 108 Å². The smallest absolute Gasteiger partial charge is 0.271 e. The quantitative estimate of drug-likeness (QED) is 0.622. The normalized spacial score (nSPS) is 11.5. The summed E-state index contributed by atoms with van der Waals surface area (Å²) >= 11 is 5.81. The van der Waals surface area contributed by atoms with Gasteiger partial charge in [0.05, 0.1) is 14.8 Å². The second-order valence-corrected chi connectivity index (χ2v) is 6.35. The molecule has 0 aliphatic rings. The van der Waals surface area contributed by atoms with Gasteiger partial charge in [-0.15, -0.1) is 10.2 Å². The van der Waals surface area contributed by atoms with Crippen LogP contribution in [0.25, 0.3) is 0 Å². The van der Waals surface area contributed by atoms with Crippen LogP contribution in [0.1, 0.15) is 5.82 Å².